The summed E-state index contributed by atoms with van der Waals surface area (Å²) < 4.78 is 1.74. The van der Waals surface area contributed by atoms with Gasteiger partial charge in [0.25, 0.3) is 5.91 Å². The first-order chi connectivity index (χ1) is 8.99. The maximum atomic E-state index is 12.4. The van der Waals surface area contributed by atoms with E-state index < -0.39 is 0 Å². The minimum atomic E-state index is -0.142. The van der Waals surface area contributed by atoms with E-state index in [9.17, 15) is 9.59 Å². The fraction of sp³-hybridized carbons (Fsp3) is 0.286. The summed E-state index contributed by atoms with van der Waals surface area (Å²) in [5, 5.41) is 1.98. The number of hydrogen-bond acceptors (Lipinski definition) is 3. The van der Waals surface area contributed by atoms with Gasteiger partial charge in [-0.25, -0.2) is 0 Å². The molecule has 5 heteroatoms. The van der Waals surface area contributed by atoms with Crippen molar-refractivity contribution >= 4 is 17.2 Å². The monoisotopic (exact) mass is 276 g/mol. The second-order valence-corrected chi connectivity index (χ2v) is 5.55. The molecule has 100 valence electrons. The lowest BCUT2D eigenvalue weighted by atomic mass is 10.2. The van der Waals surface area contributed by atoms with Crippen molar-refractivity contribution in [1.29, 1.82) is 0 Å². The molecule has 2 rings (SSSR count). The molecule has 0 atom stereocenters. The van der Waals surface area contributed by atoms with Crippen molar-refractivity contribution in [1.82, 2.24) is 9.47 Å². The molecule has 2 aromatic rings. The molecule has 0 unspecified atom stereocenters. The number of rotatable bonds is 3. The van der Waals surface area contributed by atoms with Crippen LogP contribution in [-0.4, -0.2) is 22.4 Å². The average Bonchev–Trinajstić information content (AvgIpc) is 2.85. The van der Waals surface area contributed by atoms with E-state index in [1.807, 2.05) is 24.4 Å². The van der Waals surface area contributed by atoms with Crippen molar-refractivity contribution in [3.8, 4) is 0 Å². The summed E-state index contributed by atoms with van der Waals surface area (Å²) in [4.78, 5) is 26.6. The van der Waals surface area contributed by atoms with E-state index in [0.29, 0.717) is 12.2 Å². The predicted molar refractivity (Wildman–Crippen MR) is 76.5 cm³/mol. The molecular weight excluding hydrogens is 260 g/mol. The van der Waals surface area contributed by atoms with Crippen molar-refractivity contribution < 1.29 is 4.79 Å². The van der Waals surface area contributed by atoms with Gasteiger partial charge in [0.1, 0.15) is 5.69 Å². The molecular formula is C14H16N2O2S. The molecule has 2 aromatic heterocycles. The van der Waals surface area contributed by atoms with Gasteiger partial charge in [0.15, 0.2) is 5.43 Å². The predicted octanol–water partition coefficient (Wildman–Crippen LogP) is 2.03. The number of amides is 1. The zero-order valence-corrected chi connectivity index (χ0v) is 12.0. The van der Waals surface area contributed by atoms with Crippen molar-refractivity contribution in [2.24, 2.45) is 7.05 Å². The molecule has 19 heavy (non-hydrogen) atoms. The lowest BCUT2D eigenvalue weighted by molar-refractivity contribution is 0.0775. The van der Waals surface area contributed by atoms with Gasteiger partial charge in [0.2, 0.25) is 0 Å². The van der Waals surface area contributed by atoms with Crippen LogP contribution in [0.25, 0.3) is 0 Å². The molecule has 0 aliphatic rings. The Morgan fingerprint density at radius 1 is 1.42 bits per heavy atom. The minimum Gasteiger partial charge on any atom is -0.344 e. The molecule has 4 nitrogen and oxygen atoms in total. The number of carbonyl (C=O) groups is 1. The van der Waals surface area contributed by atoms with Crippen LogP contribution in [0.3, 0.4) is 0 Å². The Balaban J connectivity index is 2.26. The van der Waals surface area contributed by atoms with Crippen LogP contribution in [0, 0.1) is 6.92 Å². The summed E-state index contributed by atoms with van der Waals surface area (Å²) in [5.74, 6) is -0.142. The minimum absolute atomic E-state index is 0.136. The van der Waals surface area contributed by atoms with Crippen LogP contribution in [-0.2, 0) is 13.6 Å². The van der Waals surface area contributed by atoms with Gasteiger partial charge in [-0.3, -0.25) is 9.59 Å². The standard InChI is InChI=1S/C14H16N2O2S/c1-10-7-11(17)8-13(16(10)3)14(18)15(2)9-12-5-4-6-19-12/h4-8H,9H2,1-3H3. The lowest BCUT2D eigenvalue weighted by Crippen LogP contribution is -2.30. The van der Waals surface area contributed by atoms with E-state index in [2.05, 4.69) is 0 Å². The van der Waals surface area contributed by atoms with Crippen LogP contribution < -0.4 is 5.43 Å². The Kier molecular flexibility index (Phi) is 3.85. The Morgan fingerprint density at radius 3 is 2.79 bits per heavy atom. The Morgan fingerprint density at radius 2 is 2.16 bits per heavy atom. The first kappa shape index (κ1) is 13.5. The zero-order valence-electron chi connectivity index (χ0n) is 11.2. The SMILES string of the molecule is Cc1cc(=O)cc(C(=O)N(C)Cc2cccs2)n1C. The molecule has 0 aliphatic carbocycles. The van der Waals surface area contributed by atoms with Crippen molar-refractivity contribution in [2.75, 3.05) is 7.05 Å². The third-order valence-electron chi connectivity index (χ3n) is 3.06. The summed E-state index contributed by atoms with van der Waals surface area (Å²) in [6.45, 7) is 2.37. The summed E-state index contributed by atoms with van der Waals surface area (Å²) in [7, 11) is 3.54. The van der Waals surface area contributed by atoms with Crippen LogP contribution >= 0.6 is 11.3 Å². The number of thiophene rings is 1. The number of pyridine rings is 1. The normalized spacial score (nSPS) is 10.5. The lowest BCUT2D eigenvalue weighted by Gasteiger charge is -2.19. The van der Waals surface area contributed by atoms with E-state index in [4.69, 9.17) is 0 Å². The Labute approximate surface area is 115 Å². The summed E-state index contributed by atoms with van der Waals surface area (Å²) in [6.07, 6.45) is 0. The fourth-order valence-corrected chi connectivity index (χ4v) is 2.63. The van der Waals surface area contributed by atoms with Gasteiger partial charge < -0.3 is 9.47 Å². The second-order valence-electron chi connectivity index (χ2n) is 4.52. The largest absolute Gasteiger partial charge is 0.344 e. The molecule has 0 fully saturated rings. The summed E-state index contributed by atoms with van der Waals surface area (Å²) >= 11 is 1.61. The average molecular weight is 276 g/mol. The van der Waals surface area contributed by atoms with E-state index in [1.165, 1.54) is 12.1 Å². The third-order valence-corrected chi connectivity index (χ3v) is 3.92. The summed E-state index contributed by atoms with van der Waals surface area (Å²) in [5.41, 5.74) is 1.06. The maximum Gasteiger partial charge on any atom is 0.270 e. The summed E-state index contributed by atoms with van der Waals surface area (Å²) in [6, 6.07) is 6.86. The highest BCUT2D eigenvalue weighted by molar-refractivity contribution is 7.09. The Bertz CT molecular complexity index is 644. The molecule has 1 amide bonds. The molecule has 0 radical (unpaired) electrons. The smallest absolute Gasteiger partial charge is 0.270 e. The van der Waals surface area contributed by atoms with Gasteiger partial charge in [-0.1, -0.05) is 6.07 Å². The van der Waals surface area contributed by atoms with E-state index in [-0.39, 0.29) is 11.3 Å². The van der Waals surface area contributed by atoms with Gasteiger partial charge in [-0.2, -0.15) is 0 Å². The number of carbonyl (C=O) groups excluding carboxylic acids is 1. The maximum absolute atomic E-state index is 12.4. The van der Waals surface area contributed by atoms with Gasteiger partial charge in [-0.05, 0) is 18.4 Å². The van der Waals surface area contributed by atoms with E-state index >= 15 is 0 Å². The van der Waals surface area contributed by atoms with Crippen molar-refractivity contribution in [3.63, 3.8) is 0 Å². The number of hydrogen-bond donors (Lipinski definition) is 0. The topological polar surface area (TPSA) is 42.3 Å². The molecule has 0 aromatic carbocycles. The van der Waals surface area contributed by atoms with Gasteiger partial charge in [0.05, 0.1) is 6.54 Å². The first-order valence-corrected chi connectivity index (χ1v) is 6.82. The molecule has 0 bridgehead atoms. The van der Waals surface area contributed by atoms with Crippen LogP contribution in [0.5, 0.6) is 0 Å². The van der Waals surface area contributed by atoms with Crippen LogP contribution in [0.4, 0.5) is 0 Å². The molecule has 0 aliphatic heterocycles. The van der Waals surface area contributed by atoms with Crippen molar-refractivity contribution in [3.05, 3.63) is 56.1 Å². The van der Waals surface area contributed by atoms with Crippen molar-refractivity contribution in [2.45, 2.75) is 13.5 Å². The molecule has 2 heterocycles. The van der Waals surface area contributed by atoms with E-state index in [1.54, 1.807) is 34.9 Å². The highest BCUT2D eigenvalue weighted by Gasteiger charge is 2.16. The third kappa shape index (κ3) is 2.93. The quantitative estimate of drug-likeness (QED) is 0.861. The Hall–Kier alpha value is -1.88. The van der Waals surface area contributed by atoms with E-state index in [0.717, 1.165) is 10.6 Å². The van der Waals surface area contributed by atoms with Gasteiger partial charge in [0, 0.05) is 36.8 Å². The first-order valence-electron chi connectivity index (χ1n) is 5.94. The highest BCUT2D eigenvalue weighted by Crippen LogP contribution is 2.13. The second kappa shape index (κ2) is 5.40. The fourth-order valence-electron chi connectivity index (χ4n) is 1.87. The molecule has 0 saturated heterocycles. The molecule has 0 spiro atoms. The van der Waals surface area contributed by atoms with Crippen LogP contribution in [0.1, 0.15) is 21.1 Å². The molecule has 0 saturated carbocycles. The van der Waals surface area contributed by atoms with Gasteiger partial charge >= 0.3 is 0 Å². The number of aromatic nitrogens is 1. The highest BCUT2D eigenvalue weighted by atomic mass is 32.1. The molecule has 0 N–H and O–H groups in total. The number of nitrogens with zero attached hydrogens (tertiary/aromatic N) is 2. The zero-order chi connectivity index (χ0) is 14.0. The van der Waals surface area contributed by atoms with Crippen LogP contribution in [0.15, 0.2) is 34.4 Å². The van der Waals surface area contributed by atoms with Crippen LogP contribution in [0.2, 0.25) is 0 Å². The number of aryl methyl sites for hydroxylation is 1. The van der Waals surface area contributed by atoms with Gasteiger partial charge in [-0.15, -0.1) is 11.3 Å².